The van der Waals surface area contributed by atoms with Crippen LogP contribution < -0.4 is 5.32 Å². The molecule has 1 saturated carbocycles. The highest BCUT2D eigenvalue weighted by atomic mass is 35.5. The lowest BCUT2D eigenvalue weighted by Gasteiger charge is -2.25. The number of carboxylic acids is 1. The fourth-order valence-electron chi connectivity index (χ4n) is 1.56. The standard InChI is InChI=1S/C10H12ClN3O2/c11-9-7(10(15)16)4-8(13-14-9)12-5-6-2-1-3-6/h4,6H,1-3,5H2,(H,12,13)(H,15,16). The van der Waals surface area contributed by atoms with Crippen LogP contribution in [0.4, 0.5) is 5.82 Å². The van der Waals surface area contributed by atoms with Crippen molar-refractivity contribution in [3.63, 3.8) is 0 Å². The molecule has 1 heterocycles. The lowest BCUT2D eigenvalue weighted by molar-refractivity contribution is 0.0696. The summed E-state index contributed by atoms with van der Waals surface area (Å²) in [7, 11) is 0. The van der Waals surface area contributed by atoms with E-state index in [9.17, 15) is 4.79 Å². The van der Waals surface area contributed by atoms with Crippen molar-refractivity contribution >= 4 is 23.4 Å². The number of hydrogen-bond donors (Lipinski definition) is 2. The summed E-state index contributed by atoms with van der Waals surface area (Å²) in [5.74, 6) is 0.0473. The molecule has 1 fully saturated rings. The van der Waals surface area contributed by atoms with Crippen LogP contribution in [0.1, 0.15) is 29.6 Å². The number of rotatable bonds is 4. The van der Waals surface area contributed by atoms with Crippen LogP contribution in [-0.4, -0.2) is 27.8 Å². The molecule has 0 radical (unpaired) electrons. The van der Waals surface area contributed by atoms with Gasteiger partial charge < -0.3 is 10.4 Å². The van der Waals surface area contributed by atoms with Gasteiger partial charge in [-0.2, -0.15) is 0 Å². The van der Waals surface area contributed by atoms with Crippen molar-refractivity contribution in [1.82, 2.24) is 10.2 Å². The van der Waals surface area contributed by atoms with E-state index >= 15 is 0 Å². The van der Waals surface area contributed by atoms with E-state index in [1.807, 2.05) is 0 Å². The van der Waals surface area contributed by atoms with E-state index < -0.39 is 5.97 Å². The zero-order valence-corrected chi connectivity index (χ0v) is 9.37. The molecule has 0 aromatic carbocycles. The van der Waals surface area contributed by atoms with Gasteiger partial charge in [-0.05, 0) is 18.8 Å². The van der Waals surface area contributed by atoms with Crippen LogP contribution in [0.25, 0.3) is 0 Å². The van der Waals surface area contributed by atoms with E-state index in [1.54, 1.807) is 0 Å². The minimum Gasteiger partial charge on any atom is -0.478 e. The van der Waals surface area contributed by atoms with Gasteiger partial charge in [-0.15, -0.1) is 10.2 Å². The van der Waals surface area contributed by atoms with Crippen LogP contribution in [0.2, 0.25) is 5.15 Å². The summed E-state index contributed by atoms with van der Waals surface area (Å²) in [6.45, 7) is 0.815. The average molecular weight is 242 g/mol. The molecule has 1 aromatic heterocycles. The Morgan fingerprint density at radius 3 is 2.88 bits per heavy atom. The molecule has 1 aliphatic carbocycles. The minimum atomic E-state index is -1.09. The Bertz CT molecular complexity index is 407. The number of halogens is 1. The first-order chi connectivity index (χ1) is 7.66. The molecule has 0 aliphatic heterocycles. The fraction of sp³-hybridized carbons (Fsp3) is 0.500. The Balaban J connectivity index is 2.03. The highest BCUT2D eigenvalue weighted by Crippen LogP contribution is 2.26. The van der Waals surface area contributed by atoms with Crippen molar-refractivity contribution in [3.05, 3.63) is 16.8 Å². The van der Waals surface area contributed by atoms with Gasteiger partial charge in [0, 0.05) is 12.6 Å². The van der Waals surface area contributed by atoms with Crippen molar-refractivity contribution in [2.75, 3.05) is 11.9 Å². The molecule has 0 unspecified atom stereocenters. The van der Waals surface area contributed by atoms with Gasteiger partial charge in [-0.25, -0.2) is 4.79 Å². The molecule has 0 saturated heterocycles. The first kappa shape index (κ1) is 11.1. The fourth-order valence-corrected chi connectivity index (χ4v) is 1.73. The normalized spacial score (nSPS) is 15.6. The average Bonchev–Trinajstić information content (AvgIpc) is 2.17. The van der Waals surface area contributed by atoms with Gasteiger partial charge in [-0.1, -0.05) is 18.0 Å². The van der Waals surface area contributed by atoms with Crippen molar-refractivity contribution < 1.29 is 9.90 Å². The van der Waals surface area contributed by atoms with Gasteiger partial charge in [0.15, 0.2) is 5.15 Å². The minimum absolute atomic E-state index is 0.0206. The van der Waals surface area contributed by atoms with Gasteiger partial charge in [-0.3, -0.25) is 0 Å². The maximum absolute atomic E-state index is 10.8. The molecule has 2 N–H and O–H groups in total. The molecule has 0 atom stereocenters. The summed E-state index contributed by atoms with van der Waals surface area (Å²) < 4.78 is 0. The second kappa shape index (κ2) is 4.65. The van der Waals surface area contributed by atoms with Crippen LogP contribution in [0.5, 0.6) is 0 Å². The second-order valence-electron chi connectivity index (χ2n) is 3.92. The van der Waals surface area contributed by atoms with Crippen LogP contribution in [0.3, 0.4) is 0 Å². The highest BCUT2D eigenvalue weighted by molar-refractivity contribution is 6.32. The van der Waals surface area contributed by atoms with E-state index in [1.165, 1.54) is 25.3 Å². The number of nitrogens with one attached hydrogen (secondary N) is 1. The number of carbonyl (C=O) groups is 1. The van der Waals surface area contributed by atoms with Gasteiger partial charge >= 0.3 is 5.97 Å². The van der Waals surface area contributed by atoms with Crippen molar-refractivity contribution in [1.29, 1.82) is 0 Å². The maximum atomic E-state index is 10.8. The van der Waals surface area contributed by atoms with Crippen LogP contribution >= 0.6 is 11.6 Å². The number of nitrogens with zero attached hydrogens (tertiary/aromatic N) is 2. The molecule has 86 valence electrons. The first-order valence-corrected chi connectivity index (χ1v) is 5.55. The third-order valence-corrected chi connectivity index (χ3v) is 3.06. The van der Waals surface area contributed by atoms with E-state index in [0.717, 1.165) is 6.54 Å². The Labute approximate surface area is 97.8 Å². The van der Waals surface area contributed by atoms with Gasteiger partial charge in [0.2, 0.25) is 0 Å². The summed E-state index contributed by atoms with van der Waals surface area (Å²) >= 11 is 5.61. The predicted molar refractivity (Wildman–Crippen MR) is 59.8 cm³/mol. The smallest absolute Gasteiger partial charge is 0.339 e. The number of aromatic nitrogens is 2. The predicted octanol–water partition coefficient (Wildman–Crippen LogP) is 2.04. The number of anilines is 1. The maximum Gasteiger partial charge on any atom is 0.339 e. The van der Waals surface area contributed by atoms with Crippen LogP contribution in [-0.2, 0) is 0 Å². The molecule has 16 heavy (non-hydrogen) atoms. The molecular weight excluding hydrogens is 230 g/mol. The van der Waals surface area contributed by atoms with E-state index in [2.05, 4.69) is 15.5 Å². The SMILES string of the molecule is O=C(O)c1cc(NCC2CCC2)nnc1Cl. The number of hydrogen-bond acceptors (Lipinski definition) is 4. The third kappa shape index (κ3) is 2.41. The molecule has 1 aromatic rings. The lowest BCUT2D eigenvalue weighted by Crippen LogP contribution is -2.21. The summed E-state index contributed by atoms with van der Waals surface area (Å²) in [4.78, 5) is 10.8. The quantitative estimate of drug-likeness (QED) is 0.844. The zero-order chi connectivity index (χ0) is 11.5. The van der Waals surface area contributed by atoms with Crippen LogP contribution in [0.15, 0.2) is 6.07 Å². The Morgan fingerprint density at radius 2 is 2.31 bits per heavy atom. The summed E-state index contributed by atoms with van der Waals surface area (Å²) in [6, 6.07) is 1.41. The van der Waals surface area contributed by atoms with Crippen molar-refractivity contribution in [2.45, 2.75) is 19.3 Å². The molecule has 0 amide bonds. The van der Waals surface area contributed by atoms with Crippen molar-refractivity contribution in [2.24, 2.45) is 5.92 Å². The molecule has 2 rings (SSSR count). The topological polar surface area (TPSA) is 75.1 Å². The first-order valence-electron chi connectivity index (χ1n) is 5.17. The monoisotopic (exact) mass is 241 g/mol. The molecule has 6 heteroatoms. The number of carboxylic acid groups (broad SMARTS) is 1. The van der Waals surface area contributed by atoms with E-state index in [4.69, 9.17) is 16.7 Å². The lowest BCUT2D eigenvalue weighted by atomic mass is 9.85. The summed E-state index contributed by atoms with van der Waals surface area (Å²) in [5.41, 5.74) is -0.0206. The number of aromatic carboxylic acids is 1. The van der Waals surface area contributed by atoms with Gasteiger partial charge in [0.1, 0.15) is 11.4 Å². The summed E-state index contributed by atoms with van der Waals surface area (Å²) in [5, 5.41) is 19.2. The largest absolute Gasteiger partial charge is 0.478 e. The zero-order valence-electron chi connectivity index (χ0n) is 8.61. The van der Waals surface area contributed by atoms with E-state index in [0.29, 0.717) is 11.7 Å². The second-order valence-corrected chi connectivity index (χ2v) is 4.28. The van der Waals surface area contributed by atoms with Crippen molar-refractivity contribution in [3.8, 4) is 0 Å². The third-order valence-electron chi connectivity index (χ3n) is 2.78. The molecular formula is C10H12ClN3O2. The highest BCUT2D eigenvalue weighted by Gasteiger charge is 2.18. The Kier molecular flexibility index (Phi) is 3.24. The van der Waals surface area contributed by atoms with Crippen LogP contribution in [0, 0.1) is 5.92 Å². The van der Waals surface area contributed by atoms with Gasteiger partial charge in [0.05, 0.1) is 0 Å². The Morgan fingerprint density at radius 1 is 1.56 bits per heavy atom. The molecule has 0 spiro atoms. The molecule has 0 bridgehead atoms. The van der Waals surface area contributed by atoms with Gasteiger partial charge in [0.25, 0.3) is 0 Å². The Hall–Kier alpha value is -1.36. The molecule has 1 aliphatic rings. The molecule has 5 nitrogen and oxygen atoms in total. The van der Waals surface area contributed by atoms with E-state index in [-0.39, 0.29) is 10.7 Å². The summed E-state index contributed by atoms with van der Waals surface area (Å²) in [6.07, 6.45) is 3.72.